The molecule has 1 heterocycles. The molecule has 0 aromatic rings. The molecule has 1 rings (SSSR count). The van der Waals surface area contributed by atoms with Crippen molar-refractivity contribution in [1.29, 1.82) is 0 Å². The summed E-state index contributed by atoms with van der Waals surface area (Å²) in [5.41, 5.74) is 0. The first-order valence-electron chi connectivity index (χ1n) is 4.56. The van der Waals surface area contributed by atoms with Gasteiger partial charge in [-0.3, -0.25) is 4.90 Å². The molecule has 0 saturated carbocycles. The molecule has 72 valence electrons. The topological polar surface area (TPSA) is 32.7 Å². The number of ether oxygens (including phenoxy) is 1. The van der Waals surface area contributed by atoms with Crippen molar-refractivity contribution in [3.63, 3.8) is 0 Å². The summed E-state index contributed by atoms with van der Waals surface area (Å²) in [5, 5.41) is 9.51. The fourth-order valence-corrected chi connectivity index (χ4v) is 1.73. The monoisotopic (exact) mass is 173 g/mol. The number of hydrogen-bond acceptors (Lipinski definition) is 3. The first-order valence-corrected chi connectivity index (χ1v) is 4.56. The number of rotatable bonds is 3. The van der Waals surface area contributed by atoms with Crippen LogP contribution in [0.3, 0.4) is 0 Å². The molecule has 0 bridgehead atoms. The lowest BCUT2D eigenvalue weighted by Crippen LogP contribution is -2.26. The minimum absolute atomic E-state index is 0.0174. The molecule has 2 atom stereocenters. The van der Waals surface area contributed by atoms with E-state index < -0.39 is 0 Å². The van der Waals surface area contributed by atoms with Crippen molar-refractivity contribution < 1.29 is 9.84 Å². The second-order valence-corrected chi connectivity index (χ2v) is 3.95. The maximum Gasteiger partial charge on any atom is 0.0969 e. The minimum Gasteiger partial charge on any atom is -0.389 e. The van der Waals surface area contributed by atoms with Gasteiger partial charge in [0.25, 0.3) is 0 Å². The van der Waals surface area contributed by atoms with Gasteiger partial charge in [-0.2, -0.15) is 0 Å². The largest absolute Gasteiger partial charge is 0.389 e. The Labute approximate surface area is 74.3 Å². The summed E-state index contributed by atoms with van der Waals surface area (Å²) in [6, 6.07) is 0. The Morgan fingerprint density at radius 3 is 2.58 bits per heavy atom. The highest BCUT2D eigenvalue weighted by Gasteiger charge is 2.30. The van der Waals surface area contributed by atoms with E-state index in [4.69, 9.17) is 4.74 Å². The summed E-state index contributed by atoms with van der Waals surface area (Å²) in [5.74, 6) is 0.660. The first-order chi connectivity index (χ1) is 5.63. The second kappa shape index (κ2) is 4.21. The van der Waals surface area contributed by atoms with E-state index in [-0.39, 0.29) is 12.2 Å². The predicted octanol–water partition coefficient (Wildman–Crippen LogP) is 0.334. The smallest absolute Gasteiger partial charge is 0.0969 e. The molecule has 0 aromatic carbocycles. The molecular formula is C9H19NO2. The molecule has 0 unspecified atom stereocenters. The van der Waals surface area contributed by atoms with Crippen molar-refractivity contribution in [2.45, 2.75) is 26.1 Å². The van der Waals surface area contributed by atoms with Gasteiger partial charge < -0.3 is 9.84 Å². The maximum absolute atomic E-state index is 9.51. The quantitative estimate of drug-likeness (QED) is 0.668. The molecule has 0 amide bonds. The first kappa shape index (κ1) is 9.96. The molecule has 0 aliphatic carbocycles. The second-order valence-electron chi connectivity index (χ2n) is 3.95. The van der Waals surface area contributed by atoms with Crippen LogP contribution in [-0.4, -0.2) is 49.0 Å². The molecule has 0 aromatic heterocycles. The van der Waals surface area contributed by atoms with Gasteiger partial charge in [-0.1, -0.05) is 13.8 Å². The van der Waals surface area contributed by atoms with Crippen molar-refractivity contribution >= 4 is 0 Å². The lowest BCUT2D eigenvalue weighted by Gasteiger charge is -2.16. The van der Waals surface area contributed by atoms with Crippen LogP contribution < -0.4 is 0 Å². The van der Waals surface area contributed by atoms with E-state index in [1.165, 1.54) is 0 Å². The molecule has 1 aliphatic heterocycles. The van der Waals surface area contributed by atoms with E-state index >= 15 is 0 Å². The third kappa shape index (κ3) is 2.44. The Morgan fingerprint density at radius 1 is 1.50 bits per heavy atom. The van der Waals surface area contributed by atoms with Gasteiger partial charge in [-0.25, -0.2) is 0 Å². The molecule has 1 aliphatic rings. The van der Waals surface area contributed by atoms with Crippen LogP contribution >= 0.6 is 0 Å². The zero-order valence-corrected chi connectivity index (χ0v) is 8.16. The van der Waals surface area contributed by atoms with E-state index in [0.717, 1.165) is 19.6 Å². The third-order valence-corrected chi connectivity index (χ3v) is 2.24. The van der Waals surface area contributed by atoms with Gasteiger partial charge in [0.05, 0.1) is 12.2 Å². The number of methoxy groups -OCH3 is 1. The van der Waals surface area contributed by atoms with E-state index in [9.17, 15) is 5.11 Å². The third-order valence-electron chi connectivity index (χ3n) is 2.24. The van der Waals surface area contributed by atoms with Gasteiger partial charge in [0, 0.05) is 26.7 Å². The lowest BCUT2D eigenvalue weighted by molar-refractivity contribution is 0.0214. The van der Waals surface area contributed by atoms with Crippen LogP contribution in [0.5, 0.6) is 0 Å². The van der Waals surface area contributed by atoms with Crippen LogP contribution in [-0.2, 0) is 4.74 Å². The van der Waals surface area contributed by atoms with Gasteiger partial charge in [-0.15, -0.1) is 0 Å². The Kier molecular flexibility index (Phi) is 3.50. The van der Waals surface area contributed by atoms with Crippen LogP contribution in [0.15, 0.2) is 0 Å². The van der Waals surface area contributed by atoms with Crippen LogP contribution in [0.25, 0.3) is 0 Å². The Bertz CT molecular complexity index is 138. The number of β-amino-alcohol motifs (C(OH)–C–C–N with tert-alkyl or cyclic N) is 1. The normalized spacial score (nSPS) is 31.8. The molecular weight excluding hydrogens is 154 g/mol. The summed E-state index contributed by atoms with van der Waals surface area (Å²) < 4.78 is 5.14. The molecule has 0 spiro atoms. The van der Waals surface area contributed by atoms with E-state index in [2.05, 4.69) is 18.7 Å². The van der Waals surface area contributed by atoms with Gasteiger partial charge in [-0.05, 0) is 5.92 Å². The van der Waals surface area contributed by atoms with Crippen LogP contribution in [0.2, 0.25) is 0 Å². The van der Waals surface area contributed by atoms with E-state index in [0.29, 0.717) is 5.92 Å². The Morgan fingerprint density at radius 2 is 2.17 bits per heavy atom. The average molecular weight is 173 g/mol. The van der Waals surface area contributed by atoms with Crippen molar-refractivity contribution in [3.05, 3.63) is 0 Å². The van der Waals surface area contributed by atoms with Crippen molar-refractivity contribution in [2.75, 3.05) is 26.7 Å². The molecule has 0 radical (unpaired) electrons. The van der Waals surface area contributed by atoms with E-state index in [1.54, 1.807) is 7.11 Å². The maximum atomic E-state index is 9.51. The summed E-state index contributed by atoms with van der Waals surface area (Å²) >= 11 is 0. The number of hydrogen-bond donors (Lipinski definition) is 1. The highest BCUT2D eigenvalue weighted by molar-refractivity contribution is 4.84. The van der Waals surface area contributed by atoms with Crippen LogP contribution in [0.4, 0.5) is 0 Å². The Balaban J connectivity index is 2.33. The van der Waals surface area contributed by atoms with Crippen molar-refractivity contribution in [3.8, 4) is 0 Å². The standard InChI is InChI=1S/C9H19NO2/c1-7(2)4-10-5-8(11)9(6-10)12-3/h7-9,11H,4-6H2,1-3H3/t8-,9+/m0/s1. The number of aliphatic hydroxyl groups excluding tert-OH is 1. The summed E-state index contributed by atoms with van der Waals surface area (Å²) in [7, 11) is 1.66. The number of likely N-dealkylation sites (tertiary alicyclic amines) is 1. The Hall–Kier alpha value is -0.120. The molecule has 1 fully saturated rings. The number of nitrogens with zero attached hydrogens (tertiary/aromatic N) is 1. The summed E-state index contributed by atoms with van der Waals surface area (Å²) in [6.07, 6.45) is -0.280. The fraction of sp³-hybridized carbons (Fsp3) is 1.00. The zero-order chi connectivity index (χ0) is 9.14. The van der Waals surface area contributed by atoms with Crippen LogP contribution in [0.1, 0.15) is 13.8 Å². The van der Waals surface area contributed by atoms with E-state index in [1.807, 2.05) is 0 Å². The molecule has 1 N–H and O–H groups in total. The fourth-order valence-electron chi connectivity index (χ4n) is 1.73. The molecule has 12 heavy (non-hydrogen) atoms. The SMILES string of the molecule is CO[C@@H]1CN(CC(C)C)C[C@@H]1O. The highest BCUT2D eigenvalue weighted by Crippen LogP contribution is 2.13. The van der Waals surface area contributed by atoms with Gasteiger partial charge in [0.1, 0.15) is 0 Å². The molecule has 3 nitrogen and oxygen atoms in total. The summed E-state index contributed by atoms with van der Waals surface area (Å²) in [4.78, 5) is 2.25. The van der Waals surface area contributed by atoms with Gasteiger partial charge in [0.15, 0.2) is 0 Å². The minimum atomic E-state index is -0.297. The molecule has 3 heteroatoms. The van der Waals surface area contributed by atoms with Crippen molar-refractivity contribution in [1.82, 2.24) is 4.90 Å². The summed E-state index contributed by atoms with van der Waals surface area (Å²) in [6.45, 7) is 7.06. The van der Waals surface area contributed by atoms with Gasteiger partial charge in [0.2, 0.25) is 0 Å². The van der Waals surface area contributed by atoms with Gasteiger partial charge >= 0.3 is 0 Å². The number of aliphatic hydroxyl groups is 1. The average Bonchev–Trinajstić information content (AvgIpc) is 2.29. The van der Waals surface area contributed by atoms with Crippen molar-refractivity contribution in [2.24, 2.45) is 5.92 Å². The van der Waals surface area contributed by atoms with Crippen LogP contribution in [0, 0.1) is 5.92 Å². The lowest BCUT2D eigenvalue weighted by atomic mass is 10.2. The highest BCUT2D eigenvalue weighted by atomic mass is 16.5. The zero-order valence-electron chi connectivity index (χ0n) is 8.16. The predicted molar refractivity (Wildman–Crippen MR) is 48.1 cm³/mol. The molecule has 1 saturated heterocycles.